The number of benzene rings is 1. The van der Waals surface area contributed by atoms with E-state index in [9.17, 15) is 22.8 Å². The summed E-state index contributed by atoms with van der Waals surface area (Å²) in [4.78, 5) is 32.5. The molecule has 1 saturated carbocycles. The number of urea groups is 1. The molecule has 0 unspecified atom stereocenters. The predicted octanol–water partition coefficient (Wildman–Crippen LogP) is 3.48. The van der Waals surface area contributed by atoms with Crippen LogP contribution in [-0.2, 0) is 11.3 Å². The second kappa shape index (κ2) is 7.01. The fraction of sp³-hybridized carbons (Fsp3) is 0.263. The molecule has 3 amide bonds. The van der Waals surface area contributed by atoms with Crippen LogP contribution in [0.2, 0.25) is 0 Å². The summed E-state index contributed by atoms with van der Waals surface area (Å²) in [5.41, 5.74) is 1.27. The normalized spacial score (nSPS) is 17.7. The summed E-state index contributed by atoms with van der Waals surface area (Å²) >= 11 is -0.261. The highest BCUT2D eigenvalue weighted by molar-refractivity contribution is 8.00. The highest BCUT2D eigenvalue weighted by Gasteiger charge is 2.65. The number of nitrogen functional groups attached to an aromatic ring is 1. The van der Waals surface area contributed by atoms with E-state index < -0.39 is 17.1 Å². The van der Waals surface area contributed by atoms with Gasteiger partial charge in [0.15, 0.2) is 0 Å². The van der Waals surface area contributed by atoms with Crippen molar-refractivity contribution >= 4 is 35.2 Å². The Balaban J connectivity index is 1.59. The van der Waals surface area contributed by atoms with Crippen LogP contribution in [-0.4, -0.2) is 38.7 Å². The van der Waals surface area contributed by atoms with Crippen LogP contribution in [0, 0.1) is 5.41 Å². The van der Waals surface area contributed by atoms with Gasteiger partial charge in [0.25, 0.3) is 5.91 Å². The maximum Gasteiger partial charge on any atom is 0.446 e. The average molecular weight is 435 g/mol. The minimum Gasteiger partial charge on any atom is -0.382 e. The Hall–Kier alpha value is -3.08. The zero-order valence-corrected chi connectivity index (χ0v) is 16.3. The zero-order chi connectivity index (χ0) is 21.7. The molecule has 1 aliphatic carbocycles. The number of nitrogens with one attached hydrogen (secondary N) is 1. The quantitative estimate of drug-likeness (QED) is 0.324. The van der Waals surface area contributed by atoms with E-state index in [1.165, 1.54) is 35.4 Å². The van der Waals surface area contributed by atoms with Gasteiger partial charge in [0.1, 0.15) is 17.1 Å². The van der Waals surface area contributed by atoms with E-state index in [1.807, 2.05) is 0 Å². The highest BCUT2D eigenvalue weighted by Crippen LogP contribution is 2.50. The minimum absolute atomic E-state index is 0.0307. The molecule has 0 atom stereocenters. The van der Waals surface area contributed by atoms with Gasteiger partial charge in [0.05, 0.1) is 5.69 Å². The van der Waals surface area contributed by atoms with Crippen molar-refractivity contribution in [1.82, 2.24) is 9.88 Å². The van der Waals surface area contributed by atoms with Gasteiger partial charge in [-0.3, -0.25) is 15.2 Å². The average Bonchev–Trinajstić information content (AvgIpc) is 3.45. The van der Waals surface area contributed by atoms with E-state index in [0.717, 1.165) is 4.90 Å². The molecule has 156 valence electrons. The summed E-state index contributed by atoms with van der Waals surface area (Å²) in [7, 11) is 0. The highest BCUT2D eigenvalue weighted by atomic mass is 32.2. The molecule has 2 heterocycles. The Morgan fingerprint density at radius 1 is 1.20 bits per heavy atom. The second-order valence-corrected chi connectivity index (χ2v) is 8.18. The Morgan fingerprint density at radius 2 is 1.87 bits per heavy atom. The molecule has 1 saturated heterocycles. The second-order valence-electron chi connectivity index (χ2n) is 7.05. The minimum atomic E-state index is -4.42. The van der Waals surface area contributed by atoms with Crippen molar-refractivity contribution in [3.05, 3.63) is 53.9 Å². The molecule has 2 aromatic rings. The van der Waals surface area contributed by atoms with E-state index in [2.05, 4.69) is 4.98 Å². The number of imide groups is 1. The number of aromatic nitrogens is 1. The number of thioether (sulfide) groups is 1. The van der Waals surface area contributed by atoms with Crippen molar-refractivity contribution in [3.8, 4) is 0 Å². The SMILES string of the molecule is N=C(N)c1cc(CN2C(=O)N(c3ccc(SC(F)(F)F)cc3)C(=O)C23CC3)ccn1. The number of pyridine rings is 1. The zero-order valence-electron chi connectivity index (χ0n) is 15.4. The lowest BCUT2D eigenvalue weighted by atomic mass is 10.1. The number of nitrogens with zero attached hydrogens (tertiary/aromatic N) is 3. The van der Waals surface area contributed by atoms with Gasteiger partial charge in [-0.1, -0.05) is 0 Å². The molecule has 0 radical (unpaired) electrons. The molecular weight excluding hydrogens is 419 g/mol. The number of rotatable bonds is 5. The maximum absolute atomic E-state index is 13.1. The third-order valence-corrected chi connectivity index (χ3v) is 5.77. The first-order valence-electron chi connectivity index (χ1n) is 8.92. The third-order valence-electron chi connectivity index (χ3n) is 5.03. The monoisotopic (exact) mass is 435 g/mol. The van der Waals surface area contributed by atoms with Crippen LogP contribution >= 0.6 is 11.8 Å². The maximum atomic E-state index is 13.1. The molecule has 4 rings (SSSR count). The Labute approximate surface area is 173 Å². The molecule has 2 aliphatic rings. The first-order valence-corrected chi connectivity index (χ1v) is 9.74. The molecule has 1 aliphatic heterocycles. The van der Waals surface area contributed by atoms with Crippen molar-refractivity contribution in [2.45, 2.75) is 35.3 Å². The number of nitrogens with two attached hydrogens (primary N) is 1. The first kappa shape index (κ1) is 20.2. The smallest absolute Gasteiger partial charge is 0.382 e. The number of amides is 3. The van der Waals surface area contributed by atoms with Crippen molar-refractivity contribution in [1.29, 1.82) is 5.41 Å². The van der Waals surface area contributed by atoms with Crippen LogP contribution in [0.5, 0.6) is 0 Å². The van der Waals surface area contributed by atoms with E-state index in [1.54, 1.807) is 12.1 Å². The van der Waals surface area contributed by atoms with Crippen molar-refractivity contribution in [2.75, 3.05) is 4.90 Å². The molecule has 3 N–H and O–H groups in total. The fourth-order valence-corrected chi connectivity index (χ4v) is 4.00. The van der Waals surface area contributed by atoms with Gasteiger partial charge in [0, 0.05) is 17.6 Å². The van der Waals surface area contributed by atoms with Crippen LogP contribution in [0.15, 0.2) is 47.5 Å². The number of carbonyl (C=O) groups is 2. The van der Waals surface area contributed by atoms with E-state index in [4.69, 9.17) is 11.1 Å². The predicted molar refractivity (Wildman–Crippen MR) is 104 cm³/mol. The lowest BCUT2D eigenvalue weighted by Gasteiger charge is -2.21. The molecule has 1 aromatic carbocycles. The lowest BCUT2D eigenvalue weighted by Crippen LogP contribution is -2.36. The summed E-state index contributed by atoms with van der Waals surface area (Å²) < 4.78 is 37.6. The molecule has 11 heteroatoms. The molecule has 1 spiro atoms. The molecule has 30 heavy (non-hydrogen) atoms. The van der Waals surface area contributed by atoms with Gasteiger partial charge in [-0.2, -0.15) is 13.2 Å². The first-order chi connectivity index (χ1) is 14.1. The number of amidine groups is 1. The van der Waals surface area contributed by atoms with Gasteiger partial charge in [-0.25, -0.2) is 9.69 Å². The largest absolute Gasteiger partial charge is 0.446 e. The van der Waals surface area contributed by atoms with Gasteiger partial charge in [0.2, 0.25) is 0 Å². The van der Waals surface area contributed by atoms with Gasteiger partial charge >= 0.3 is 11.5 Å². The summed E-state index contributed by atoms with van der Waals surface area (Å²) in [6, 6.07) is 7.87. The third kappa shape index (κ3) is 3.60. The van der Waals surface area contributed by atoms with E-state index >= 15 is 0 Å². The summed E-state index contributed by atoms with van der Waals surface area (Å²) in [6.45, 7) is 0.131. The van der Waals surface area contributed by atoms with Crippen molar-refractivity contribution in [3.63, 3.8) is 0 Å². The standard InChI is InChI=1S/C19H16F3N5O2S/c20-19(21,22)30-13-3-1-12(2-4-13)27-16(28)18(6-7-18)26(17(27)29)10-11-5-8-25-14(9-11)15(23)24/h1-5,8-9H,6-7,10H2,(H3,23,24). The van der Waals surface area contributed by atoms with E-state index in [0.29, 0.717) is 18.4 Å². The number of anilines is 1. The van der Waals surface area contributed by atoms with Gasteiger partial charge < -0.3 is 10.6 Å². The Bertz CT molecular complexity index is 1040. The van der Waals surface area contributed by atoms with E-state index in [-0.39, 0.29) is 46.3 Å². The number of alkyl halides is 3. The van der Waals surface area contributed by atoms with Crippen molar-refractivity contribution in [2.24, 2.45) is 5.73 Å². The summed E-state index contributed by atoms with van der Waals surface area (Å²) in [6.07, 6.45) is 2.50. The number of carbonyl (C=O) groups excluding carboxylic acids is 2. The molecule has 2 fully saturated rings. The fourth-order valence-electron chi connectivity index (χ4n) is 3.46. The Morgan fingerprint density at radius 3 is 2.43 bits per heavy atom. The Kier molecular flexibility index (Phi) is 4.72. The number of hydrogen-bond acceptors (Lipinski definition) is 5. The van der Waals surface area contributed by atoms with Crippen LogP contribution in [0.25, 0.3) is 0 Å². The van der Waals surface area contributed by atoms with Gasteiger partial charge in [-0.05, 0) is 66.6 Å². The van der Waals surface area contributed by atoms with Crippen LogP contribution in [0.4, 0.5) is 23.7 Å². The van der Waals surface area contributed by atoms with Crippen LogP contribution < -0.4 is 10.6 Å². The van der Waals surface area contributed by atoms with Crippen LogP contribution in [0.1, 0.15) is 24.1 Å². The lowest BCUT2D eigenvalue weighted by molar-refractivity contribution is -0.120. The summed E-state index contributed by atoms with van der Waals surface area (Å²) in [5.74, 6) is -0.593. The molecule has 0 bridgehead atoms. The van der Waals surface area contributed by atoms with Gasteiger partial charge in [-0.15, -0.1) is 0 Å². The topological polar surface area (TPSA) is 103 Å². The number of hydrogen-bond donors (Lipinski definition) is 2. The molecular formula is C19H16F3N5O2S. The van der Waals surface area contributed by atoms with Crippen LogP contribution in [0.3, 0.4) is 0 Å². The summed E-state index contributed by atoms with van der Waals surface area (Å²) in [5, 5.41) is 7.50. The molecule has 7 nitrogen and oxygen atoms in total. The van der Waals surface area contributed by atoms with Crippen molar-refractivity contribution < 1.29 is 22.8 Å². The molecule has 1 aromatic heterocycles. The number of halogens is 3.